The van der Waals surface area contributed by atoms with E-state index >= 15 is 0 Å². The van der Waals surface area contributed by atoms with Gasteiger partial charge in [-0.2, -0.15) is 4.31 Å². The molecule has 8 heteroatoms. The minimum Gasteiger partial charge on any atom is -0.492 e. The second-order valence-electron chi connectivity index (χ2n) is 6.91. The Morgan fingerprint density at radius 1 is 1.07 bits per heavy atom. The highest BCUT2D eigenvalue weighted by molar-refractivity contribution is 7.89. The largest absolute Gasteiger partial charge is 0.492 e. The maximum Gasteiger partial charge on any atom is 0.243 e. The van der Waals surface area contributed by atoms with Crippen molar-refractivity contribution >= 4 is 27.5 Å². The van der Waals surface area contributed by atoms with Gasteiger partial charge in [0.2, 0.25) is 15.9 Å². The van der Waals surface area contributed by atoms with Crippen molar-refractivity contribution in [2.45, 2.75) is 37.1 Å². The molecular weight excluding hydrogens is 412 g/mol. The summed E-state index contributed by atoms with van der Waals surface area (Å²) in [7, 11) is -3.41. The summed E-state index contributed by atoms with van der Waals surface area (Å²) in [5.74, 6) is 0.528. The van der Waals surface area contributed by atoms with Gasteiger partial charge in [0.05, 0.1) is 16.5 Å². The second-order valence-corrected chi connectivity index (χ2v) is 9.26. The number of hydrogen-bond acceptors (Lipinski definition) is 4. The third-order valence-electron chi connectivity index (χ3n) is 4.76. The van der Waals surface area contributed by atoms with Crippen LogP contribution < -0.4 is 10.1 Å². The van der Waals surface area contributed by atoms with Crippen LogP contribution in [0.1, 0.15) is 31.2 Å². The molecule has 1 amide bonds. The van der Waals surface area contributed by atoms with Crippen LogP contribution in [0.3, 0.4) is 0 Å². The van der Waals surface area contributed by atoms with Crippen LogP contribution in [-0.2, 0) is 21.4 Å². The summed E-state index contributed by atoms with van der Waals surface area (Å²) < 4.78 is 32.1. The number of amides is 1. The van der Waals surface area contributed by atoms with E-state index in [-0.39, 0.29) is 5.91 Å². The lowest BCUT2D eigenvalue weighted by atomic mass is 10.2. The van der Waals surface area contributed by atoms with Crippen LogP contribution in [0.15, 0.2) is 53.4 Å². The number of benzene rings is 2. The summed E-state index contributed by atoms with van der Waals surface area (Å²) in [6.07, 6.45) is 2.73. The molecule has 29 heavy (non-hydrogen) atoms. The zero-order valence-electron chi connectivity index (χ0n) is 16.1. The van der Waals surface area contributed by atoms with Gasteiger partial charge in [0.25, 0.3) is 0 Å². The van der Waals surface area contributed by atoms with Crippen LogP contribution in [0.2, 0.25) is 5.02 Å². The normalized spacial score (nSPS) is 14.7. The van der Waals surface area contributed by atoms with Crippen LogP contribution in [0.4, 0.5) is 0 Å². The monoisotopic (exact) mass is 436 g/mol. The highest BCUT2D eigenvalue weighted by Crippen LogP contribution is 2.23. The minimum absolute atomic E-state index is 0.0819. The average molecular weight is 437 g/mol. The van der Waals surface area contributed by atoms with E-state index in [0.717, 1.165) is 18.4 Å². The van der Waals surface area contributed by atoms with Crippen molar-refractivity contribution in [3.63, 3.8) is 0 Å². The smallest absolute Gasteiger partial charge is 0.243 e. The number of hydrogen-bond donors (Lipinski definition) is 1. The predicted octanol–water partition coefficient (Wildman–Crippen LogP) is 3.60. The third kappa shape index (κ3) is 5.95. The van der Waals surface area contributed by atoms with Gasteiger partial charge in [0.15, 0.2) is 0 Å². The molecule has 0 bridgehead atoms. The molecule has 1 aliphatic rings. The van der Waals surface area contributed by atoms with Crippen molar-refractivity contribution in [1.29, 1.82) is 0 Å². The van der Waals surface area contributed by atoms with Crippen molar-refractivity contribution in [3.05, 3.63) is 59.1 Å². The van der Waals surface area contributed by atoms with Gasteiger partial charge >= 0.3 is 0 Å². The number of para-hydroxylation sites is 1. The molecule has 2 aromatic carbocycles. The molecule has 0 aromatic heterocycles. The lowest BCUT2D eigenvalue weighted by Crippen LogP contribution is -2.28. The number of nitrogens with one attached hydrogen (secondary N) is 1. The summed E-state index contributed by atoms with van der Waals surface area (Å²) in [4.78, 5) is 12.3. The van der Waals surface area contributed by atoms with Crippen LogP contribution in [-0.4, -0.2) is 38.3 Å². The summed E-state index contributed by atoms with van der Waals surface area (Å²) in [6.45, 7) is 1.93. The van der Waals surface area contributed by atoms with E-state index in [1.165, 1.54) is 4.31 Å². The van der Waals surface area contributed by atoms with Crippen molar-refractivity contribution in [2.75, 3.05) is 19.7 Å². The van der Waals surface area contributed by atoms with Gasteiger partial charge in [0.1, 0.15) is 5.75 Å². The quantitative estimate of drug-likeness (QED) is 0.609. The van der Waals surface area contributed by atoms with E-state index in [0.29, 0.717) is 54.8 Å². The molecule has 6 nitrogen and oxygen atoms in total. The van der Waals surface area contributed by atoms with Crippen molar-refractivity contribution in [3.8, 4) is 5.75 Å². The molecule has 0 unspecified atom stereocenters. The van der Waals surface area contributed by atoms with Gasteiger partial charge < -0.3 is 10.1 Å². The number of carbonyl (C=O) groups is 1. The fourth-order valence-corrected chi connectivity index (χ4v) is 4.83. The zero-order valence-corrected chi connectivity index (χ0v) is 17.7. The number of halogens is 1. The van der Waals surface area contributed by atoms with E-state index < -0.39 is 10.0 Å². The Balaban J connectivity index is 1.40. The molecule has 1 fully saturated rings. The highest BCUT2D eigenvalue weighted by atomic mass is 35.5. The summed E-state index contributed by atoms with van der Waals surface area (Å²) in [5, 5.41) is 3.39. The maximum absolute atomic E-state index is 12.5. The maximum atomic E-state index is 12.5. The second kappa shape index (κ2) is 10.1. The van der Waals surface area contributed by atoms with E-state index in [2.05, 4.69) is 5.32 Å². The number of ether oxygens (including phenoxy) is 1. The predicted molar refractivity (Wildman–Crippen MR) is 112 cm³/mol. The first-order valence-electron chi connectivity index (χ1n) is 9.70. The van der Waals surface area contributed by atoms with Crippen LogP contribution in [0.5, 0.6) is 5.75 Å². The molecule has 156 valence electrons. The van der Waals surface area contributed by atoms with Crippen LogP contribution in [0.25, 0.3) is 0 Å². The Hall–Kier alpha value is -2.09. The van der Waals surface area contributed by atoms with Gasteiger partial charge in [-0.05, 0) is 49.1 Å². The summed E-state index contributed by atoms with van der Waals surface area (Å²) in [6, 6.07) is 13.9. The van der Waals surface area contributed by atoms with Crippen molar-refractivity contribution in [2.24, 2.45) is 0 Å². The Morgan fingerprint density at radius 2 is 1.76 bits per heavy atom. The average Bonchev–Trinajstić information content (AvgIpc) is 3.27. The molecular formula is C21H25ClN2O4S. The minimum atomic E-state index is -3.41. The van der Waals surface area contributed by atoms with E-state index in [9.17, 15) is 13.2 Å². The lowest BCUT2D eigenvalue weighted by Gasteiger charge is -2.15. The van der Waals surface area contributed by atoms with E-state index in [4.69, 9.17) is 16.3 Å². The molecule has 0 atom stereocenters. The van der Waals surface area contributed by atoms with Crippen molar-refractivity contribution in [1.82, 2.24) is 9.62 Å². The van der Waals surface area contributed by atoms with Gasteiger partial charge in [-0.3, -0.25) is 4.79 Å². The summed E-state index contributed by atoms with van der Waals surface area (Å²) in [5.41, 5.74) is 0.853. The standard InChI is InChI=1S/C21H25ClN2O4S/c22-19-6-1-2-7-20(19)28-15-5-8-21(25)23-16-17-9-11-18(12-10-17)29(26,27)24-13-3-4-14-24/h1-2,6-7,9-12H,3-5,8,13-16H2,(H,23,25). The Labute approximate surface area is 176 Å². The third-order valence-corrected chi connectivity index (χ3v) is 6.98. The van der Waals surface area contributed by atoms with Gasteiger partial charge in [-0.25, -0.2) is 8.42 Å². The Bertz CT molecular complexity index is 926. The van der Waals surface area contributed by atoms with Gasteiger partial charge in [-0.1, -0.05) is 35.9 Å². The molecule has 1 heterocycles. The van der Waals surface area contributed by atoms with Gasteiger partial charge in [-0.15, -0.1) is 0 Å². The molecule has 1 N–H and O–H groups in total. The molecule has 2 aromatic rings. The molecule has 1 aliphatic heterocycles. The zero-order chi connectivity index (χ0) is 20.7. The number of rotatable bonds is 9. The topological polar surface area (TPSA) is 75.7 Å². The van der Waals surface area contributed by atoms with Crippen LogP contribution in [0, 0.1) is 0 Å². The first kappa shape index (κ1) is 21.6. The van der Waals surface area contributed by atoms with E-state index in [1.807, 2.05) is 12.1 Å². The molecule has 0 spiro atoms. The molecule has 0 saturated carbocycles. The number of sulfonamides is 1. The first-order valence-corrected chi connectivity index (χ1v) is 11.5. The fourth-order valence-electron chi connectivity index (χ4n) is 3.12. The first-order chi connectivity index (χ1) is 14.0. The molecule has 0 radical (unpaired) electrons. The number of nitrogens with zero attached hydrogens (tertiary/aromatic N) is 1. The Morgan fingerprint density at radius 3 is 2.45 bits per heavy atom. The van der Waals surface area contributed by atoms with Crippen LogP contribution >= 0.6 is 11.6 Å². The summed E-state index contributed by atoms with van der Waals surface area (Å²) >= 11 is 6.01. The van der Waals surface area contributed by atoms with Crippen molar-refractivity contribution < 1.29 is 17.9 Å². The lowest BCUT2D eigenvalue weighted by molar-refractivity contribution is -0.121. The Kier molecular flexibility index (Phi) is 7.52. The fraction of sp³-hybridized carbons (Fsp3) is 0.381. The molecule has 0 aliphatic carbocycles. The SMILES string of the molecule is O=C(CCCOc1ccccc1Cl)NCc1ccc(S(=O)(=O)N2CCCC2)cc1. The van der Waals surface area contributed by atoms with Gasteiger partial charge in [0, 0.05) is 26.1 Å². The molecule has 3 rings (SSSR count). The molecule has 1 saturated heterocycles. The van der Waals surface area contributed by atoms with E-state index in [1.54, 1.807) is 36.4 Å². The number of carbonyl (C=O) groups excluding carboxylic acids is 1. The highest BCUT2D eigenvalue weighted by Gasteiger charge is 2.26.